The monoisotopic (exact) mass is 311 g/mol. The summed E-state index contributed by atoms with van der Waals surface area (Å²) in [6, 6.07) is 11.1. The normalized spacial score (nSPS) is 11.3. The topological polar surface area (TPSA) is 66.4 Å². The molecular formula is C14H14ClNO3S. The van der Waals surface area contributed by atoms with Crippen LogP contribution in [0, 0.1) is 6.92 Å². The van der Waals surface area contributed by atoms with E-state index in [-0.39, 0.29) is 17.2 Å². The van der Waals surface area contributed by atoms with Gasteiger partial charge in [0.2, 0.25) is 0 Å². The second-order valence-corrected chi connectivity index (χ2v) is 6.50. The van der Waals surface area contributed by atoms with Gasteiger partial charge < -0.3 is 5.11 Å². The predicted molar refractivity (Wildman–Crippen MR) is 79.4 cm³/mol. The van der Waals surface area contributed by atoms with Crippen molar-refractivity contribution in [2.45, 2.75) is 18.4 Å². The number of hydrogen-bond acceptors (Lipinski definition) is 3. The number of hydrogen-bond donors (Lipinski definition) is 2. The fourth-order valence-corrected chi connectivity index (χ4v) is 2.97. The summed E-state index contributed by atoms with van der Waals surface area (Å²) in [5.74, 6) is 0. The summed E-state index contributed by atoms with van der Waals surface area (Å²) in [7, 11) is -3.70. The lowest BCUT2D eigenvalue weighted by Gasteiger charge is -2.12. The summed E-state index contributed by atoms with van der Waals surface area (Å²) < 4.78 is 27.0. The maximum absolute atomic E-state index is 12.3. The summed E-state index contributed by atoms with van der Waals surface area (Å²) in [5, 5.41) is 9.63. The fourth-order valence-electron chi connectivity index (χ4n) is 1.70. The highest BCUT2D eigenvalue weighted by molar-refractivity contribution is 7.92. The highest BCUT2D eigenvalue weighted by atomic mass is 35.5. The average Bonchev–Trinajstić information content (AvgIpc) is 2.39. The number of sulfonamides is 1. The number of halogens is 1. The SMILES string of the molecule is Cc1ccc(S(=O)(=O)Nc2cc(Cl)ccc2CO)cc1. The van der Waals surface area contributed by atoms with Crippen molar-refractivity contribution >= 4 is 27.3 Å². The van der Waals surface area contributed by atoms with Crippen LogP contribution in [0.5, 0.6) is 0 Å². The van der Waals surface area contributed by atoms with Crippen LogP contribution in [-0.2, 0) is 16.6 Å². The van der Waals surface area contributed by atoms with Gasteiger partial charge in [-0.15, -0.1) is 0 Å². The molecule has 0 saturated heterocycles. The molecule has 0 amide bonds. The Bertz CT molecular complexity index is 712. The Morgan fingerprint density at radius 1 is 1.15 bits per heavy atom. The molecule has 4 nitrogen and oxygen atoms in total. The zero-order chi connectivity index (χ0) is 14.8. The molecule has 2 aromatic carbocycles. The molecule has 0 fully saturated rings. The van der Waals surface area contributed by atoms with Gasteiger partial charge in [0.1, 0.15) is 0 Å². The van der Waals surface area contributed by atoms with Crippen LogP contribution >= 0.6 is 11.6 Å². The lowest BCUT2D eigenvalue weighted by Crippen LogP contribution is -2.14. The lowest BCUT2D eigenvalue weighted by atomic mass is 10.2. The highest BCUT2D eigenvalue weighted by Crippen LogP contribution is 2.24. The van der Waals surface area contributed by atoms with E-state index < -0.39 is 10.0 Å². The summed E-state index contributed by atoms with van der Waals surface area (Å²) in [6.07, 6.45) is 0. The van der Waals surface area contributed by atoms with E-state index >= 15 is 0 Å². The number of benzene rings is 2. The fraction of sp³-hybridized carbons (Fsp3) is 0.143. The molecule has 0 aliphatic heterocycles. The minimum absolute atomic E-state index is 0.159. The average molecular weight is 312 g/mol. The Balaban J connectivity index is 2.37. The van der Waals surface area contributed by atoms with Crippen molar-refractivity contribution < 1.29 is 13.5 Å². The van der Waals surface area contributed by atoms with Gasteiger partial charge in [0.05, 0.1) is 17.2 Å². The molecule has 2 N–H and O–H groups in total. The number of aryl methyl sites for hydroxylation is 1. The number of aliphatic hydroxyl groups excluding tert-OH is 1. The van der Waals surface area contributed by atoms with Crippen molar-refractivity contribution in [1.82, 2.24) is 0 Å². The van der Waals surface area contributed by atoms with E-state index in [1.54, 1.807) is 24.3 Å². The van der Waals surface area contributed by atoms with Gasteiger partial charge in [-0.2, -0.15) is 0 Å². The van der Waals surface area contributed by atoms with Gasteiger partial charge in [0, 0.05) is 10.6 Å². The molecule has 0 atom stereocenters. The van der Waals surface area contributed by atoms with Gasteiger partial charge in [-0.1, -0.05) is 35.4 Å². The molecular weight excluding hydrogens is 298 g/mol. The summed E-state index contributed by atoms with van der Waals surface area (Å²) in [4.78, 5) is 0.159. The standard InChI is InChI=1S/C14H14ClNO3S/c1-10-2-6-13(7-3-10)20(18,19)16-14-8-12(15)5-4-11(14)9-17/h2-8,16-17H,9H2,1H3. The first-order chi connectivity index (χ1) is 9.42. The van der Waals surface area contributed by atoms with Crippen molar-refractivity contribution in [3.8, 4) is 0 Å². The Labute approximate surface area is 123 Å². The molecule has 0 bridgehead atoms. The van der Waals surface area contributed by atoms with Crippen molar-refractivity contribution in [3.63, 3.8) is 0 Å². The van der Waals surface area contributed by atoms with Crippen LogP contribution in [0.1, 0.15) is 11.1 Å². The van der Waals surface area contributed by atoms with Gasteiger partial charge in [0.25, 0.3) is 10.0 Å². The molecule has 0 unspecified atom stereocenters. The second kappa shape index (κ2) is 5.83. The molecule has 2 aromatic rings. The zero-order valence-corrected chi connectivity index (χ0v) is 12.4. The number of nitrogens with one attached hydrogen (secondary N) is 1. The first-order valence-electron chi connectivity index (χ1n) is 5.91. The molecule has 0 heterocycles. The van der Waals surface area contributed by atoms with Gasteiger partial charge in [-0.05, 0) is 31.2 Å². The minimum Gasteiger partial charge on any atom is -0.392 e. The van der Waals surface area contributed by atoms with Crippen LogP contribution in [0.15, 0.2) is 47.4 Å². The Kier molecular flexibility index (Phi) is 4.32. The molecule has 106 valence electrons. The van der Waals surface area contributed by atoms with Crippen LogP contribution in [0.3, 0.4) is 0 Å². The van der Waals surface area contributed by atoms with E-state index in [1.807, 2.05) is 6.92 Å². The smallest absolute Gasteiger partial charge is 0.261 e. The highest BCUT2D eigenvalue weighted by Gasteiger charge is 2.15. The third-order valence-corrected chi connectivity index (χ3v) is 4.43. The summed E-state index contributed by atoms with van der Waals surface area (Å²) in [5.41, 5.74) is 1.72. The second-order valence-electron chi connectivity index (χ2n) is 4.38. The molecule has 0 radical (unpaired) electrons. The molecule has 0 aromatic heterocycles. The maximum Gasteiger partial charge on any atom is 0.261 e. The molecule has 0 aliphatic rings. The third-order valence-electron chi connectivity index (χ3n) is 2.82. The number of rotatable bonds is 4. The van der Waals surface area contributed by atoms with Gasteiger partial charge in [-0.25, -0.2) is 8.42 Å². The lowest BCUT2D eigenvalue weighted by molar-refractivity contribution is 0.282. The summed E-state index contributed by atoms with van der Waals surface area (Å²) in [6.45, 7) is 1.60. The largest absolute Gasteiger partial charge is 0.392 e. The molecule has 0 saturated carbocycles. The van der Waals surface area contributed by atoms with Crippen LogP contribution in [0.2, 0.25) is 5.02 Å². The van der Waals surface area contributed by atoms with Crippen LogP contribution in [0.25, 0.3) is 0 Å². The van der Waals surface area contributed by atoms with Crippen LogP contribution < -0.4 is 4.72 Å². The third kappa shape index (κ3) is 3.30. The van der Waals surface area contributed by atoms with Crippen LogP contribution in [-0.4, -0.2) is 13.5 Å². The first kappa shape index (κ1) is 14.8. The zero-order valence-electron chi connectivity index (χ0n) is 10.8. The quantitative estimate of drug-likeness (QED) is 0.912. The van der Waals surface area contributed by atoms with E-state index in [0.717, 1.165) is 5.56 Å². The maximum atomic E-state index is 12.3. The molecule has 0 spiro atoms. The number of anilines is 1. The van der Waals surface area contributed by atoms with Crippen molar-refractivity contribution in [1.29, 1.82) is 0 Å². The molecule has 2 rings (SSSR count). The molecule has 0 aliphatic carbocycles. The predicted octanol–water partition coefficient (Wildman–Crippen LogP) is 2.94. The first-order valence-corrected chi connectivity index (χ1v) is 7.77. The summed E-state index contributed by atoms with van der Waals surface area (Å²) >= 11 is 5.85. The van der Waals surface area contributed by atoms with Crippen molar-refractivity contribution in [3.05, 3.63) is 58.6 Å². The van der Waals surface area contributed by atoms with Gasteiger partial charge in [0.15, 0.2) is 0 Å². The van der Waals surface area contributed by atoms with Gasteiger partial charge in [-0.3, -0.25) is 4.72 Å². The molecule has 20 heavy (non-hydrogen) atoms. The van der Waals surface area contributed by atoms with Crippen molar-refractivity contribution in [2.24, 2.45) is 0 Å². The van der Waals surface area contributed by atoms with E-state index in [0.29, 0.717) is 10.6 Å². The Morgan fingerprint density at radius 2 is 1.80 bits per heavy atom. The number of aliphatic hydroxyl groups is 1. The molecule has 6 heteroatoms. The van der Waals surface area contributed by atoms with Crippen molar-refractivity contribution in [2.75, 3.05) is 4.72 Å². The van der Waals surface area contributed by atoms with E-state index in [2.05, 4.69) is 4.72 Å². The van der Waals surface area contributed by atoms with Crippen LogP contribution in [0.4, 0.5) is 5.69 Å². The Morgan fingerprint density at radius 3 is 2.40 bits per heavy atom. The van der Waals surface area contributed by atoms with E-state index in [4.69, 9.17) is 11.6 Å². The van der Waals surface area contributed by atoms with Gasteiger partial charge >= 0.3 is 0 Å². The minimum atomic E-state index is -3.70. The van der Waals surface area contributed by atoms with E-state index in [1.165, 1.54) is 18.2 Å². The van der Waals surface area contributed by atoms with E-state index in [9.17, 15) is 13.5 Å². The Hall–Kier alpha value is -1.56.